The quantitative estimate of drug-likeness (QED) is 0.481. The van der Waals surface area contributed by atoms with Crippen molar-refractivity contribution in [3.63, 3.8) is 0 Å². The highest BCUT2D eigenvalue weighted by Crippen LogP contribution is 2.33. The van der Waals surface area contributed by atoms with Crippen LogP contribution in [-0.2, 0) is 22.6 Å². The maximum Gasteiger partial charge on any atom is 0.333 e. The van der Waals surface area contributed by atoms with Crippen LogP contribution in [-0.4, -0.2) is 46.9 Å². The Kier molecular flexibility index (Phi) is 7.20. The van der Waals surface area contributed by atoms with Crippen LogP contribution in [0.15, 0.2) is 91.0 Å². The molecule has 0 radical (unpaired) electrons. The van der Waals surface area contributed by atoms with Gasteiger partial charge >= 0.3 is 5.97 Å². The van der Waals surface area contributed by atoms with E-state index in [1.807, 2.05) is 73.7 Å². The molecule has 0 spiro atoms. The lowest BCUT2D eigenvalue weighted by Gasteiger charge is -2.39. The fourth-order valence-corrected chi connectivity index (χ4v) is 4.53. The zero-order valence-corrected chi connectivity index (χ0v) is 19.0. The van der Waals surface area contributed by atoms with Gasteiger partial charge < -0.3 is 9.64 Å². The molecule has 3 aromatic rings. The van der Waals surface area contributed by atoms with Crippen LogP contribution < -0.4 is 0 Å². The second-order valence-corrected chi connectivity index (χ2v) is 8.44. The number of ether oxygens (including phenoxy) is 1. The lowest BCUT2D eigenvalue weighted by molar-refractivity contribution is -0.156. The molecule has 170 valence electrons. The Morgan fingerprint density at radius 2 is 1.45 bits per heavy atom. The first-order valence-electron chi connectivity index (χ1n) is 11.5. The Balaban J connectivity index is 1.70. The van der Waals surface area contributed by atoms with E-state index in [2.05, 4.69) is 17.0 Å². The molecule has 1 aliphatic rings. The van der Waals surface area contributed by atoms with Gasteiger partial charge in [0.05, 0.1) is 6.61 Å². The number of likely N-dealkylation sites (tertiary alicyclic amines) is 1. The Morgan fingerprint density at radius 3 is 2.06 bits per heavy atom. The molecule has 1 unspecified atom stereocenters. The molecular formula is C28H30N2O3. The third kappa shape index (κ3) is 5.15. The summed E-state index contributed by atoms with van der Waals surface area (Å²) in [6.07, 6.45) is 0.532. The first-order chi connectivity index (χ1) is 16.1. The van der Waals surface area contributed by atoms with Crippen LogP contribution in [0, 0.1) is 0 Å². The van der Waals surface area contributed by atoms with Crippen LogP contribution in [0.4, 0.5) is 0 Å². The van der Waals surface area contributed by atoms with Crippen molar-refractivity contribution in [2.45, 2.75) is 32.0 Å². The fourth-order valence-electron chi connectivity index (χ4n) is 4.53. The molecule has 0 aromatic heterocycles. The predicted molar refractivity (Wildman–Crippen MR) is 128 cm³/mol. The van der Waals surface area contributed by atoms with E-state index in [1.54, 1.807) is 17.0 Å². The van der Waals surface area contributed by atoms with Gasteiger partial charge in [-0.05, 0) is 36.6 Å². The fraction of sp³-hybridized carbons (Fsp3) is 0.286. The highest BCUT2D eigenvalue weighted by atomic mass is 16.5. The Hall–Kier alpha value is -3.44. The number of hydrogen-bond acceptors (Lipinski definition) is 4. The lowest BCUT2D eigenvalue weighted by Crippen LogP contribution is -2.59. The third-order valence-electron chi connectivity index (χ3n) is 6.20. The molecule has 0 aliphatic carbocycles. The number of amides is 1. The Labute approximate surface area is 195 Å². The van der Waals surface area contributed by atoms with Gasteiger partial charge in [-0.1, -0.05) is 78.9 Å². The van der Waals surface area contributed by atoms with Crippen LogP contribution in [0.25, 0.3) is 0 Å². The molecule has 1 fully saturated rings. The average Bonchev–Trinajstić information content (AvgIpc) is 3.29. The van der Waals surface area contributed by atoms with Gasteiger partial charge in [0.1, 0.15) is 0 Å². The van der Waals surface area contributed by atoms with E-state index < -0.39 is 5.54 Å². The van der Waals surface area contributed by atoms with Gasteiger partial charge in [0, 0.05) is 31.7 Å². The van der Waals surface area contributed by atoms with E-state index in [9.17, 15) is 9.59 Å². The number of nitrogens with zero attached hydrogens (tertiary/aromatic N) is 2. The van der Waals surface area contributed by atoms with Gasteiger partial charge in [0.25, 0.3) is 5.91 Å². The number of hydrogen-bond donors (Lipinski definition) is 0. The minimum Gasteiger partial charge on any atom is -0.464 e. The second kappa shape index (κ2) is 10.5. The normalized spacial score (nSPS) is 18.1. The van der Waals surface area contributed by atoms with E-state index >= 15 is 0 Å². The summed E-state index contributed by atoms with van der Waals surface area (Å²) in [5.41, 5.74) is 1.68. The summed E-state index contributed by atoms with van der Waals surface area (Å²) in [5.74, 6) is -0.491. The molecule has 3 aromatic carbocycles. The molecule has 0 bridgehead atoms. The highest BCUT2D eigenvalue weighted by molar-refractivity contribution is 5.98. The monoisotopic (exact) mass is 442 g/mol. The molecule has 1 aliphatic heterocycles. The molecule has 1 atom stereocenters. The van der Waals surface area contributed by atoms with Gasteiger partial charge in [-0.3, -0.25) is 9.69 Å². The van der Waals surface area contributed by atoms with E-state index in [1.165, 1.54) is 5.56 Å². The summed E-state index contributed by atoms with van der Waals surface area (Å²) in [4.78, 5) is 31.3. The van der Waals surface area contributed by atoms with E-state index in [0.717, 1.165) is 12.1 Å². The van der Waals surface area contributed by atoms with Gasteiger partial charge in [-0.25, -0.2) is 4.79 Å². The van der Waals surface area contributed by atoms with Crippen LogP contribution in [0.3, 0.4) is 0 Å². The van der Waals surface area contributed by atoms with Gasteiger partial charge in [-0.2, -0.15) is 0 Å². The molecule has 5 nitrogen and oxygen atoms in total. The standard InChI is InChI=1S/C28H30N2O3/c1-2-33-27(32)28(18-19-29(22-28)20-23-12-6-3-7-13-23)30(21-24-14-8-4-9-15-24)26(31)25-16-10-5-11-17-25/h3-17H,2,18-22H2,1H3. The summed E-state index contributed by atoms with van der Waals surface area (Å²) in [6, 6.07) is 29.2. The van der Waals surface area contributed by atoms with Crippen LogP contribution in [0.1, 0.15) is 34.8 Å². The van der Waals surface area contributed by atoms with Crippen molar-refractivity contribution in [1.29, 1.82) is 0 Å². The molecule has 33 heavy (non-hydrogen) atoms. The first-order valence-corrected chi connectivity index (χ1v) is 11.5. The number of benzene rings is 3. The summed E-state index contributed by atoms with van der Waals surface area (Å²) in [5, 5.41) is 0. The lowest BCUT2D eigenvalue weighted by atomic mass is 9.93. The first kappa shape index (κ1) is 22.7. The molecule has 1 saturated heterocycles. The van der Waals surface area contributed by atoms with Crippen molar-refractivity contribution in [3.8, 4) is 0 Å². The molecular weight excluding hydrogens is 412 g/mol. The number of rotatable bonds is 8. The van der Waals surface area contributed by atoms with Crippen molar-refractivity contribution in [1.82, 2.24) is 9.80 Å². The average molecular weight is 443 g/mol. The second-order valence-electron chi connectivity index (χ2n) is 8.44. The van der Waals surface area contributed by atoms with Crippen molar-refractivity contribution < 1.29 is 14.3 Å². The summed E-state index contributed by atoms with van der Waals surface area (Å²) < 4.78 is 5.57. The molecule has 5 heteroatoms. The number of carbonyl (C=O) groups is 2. The molecule has 0 N–H and O–H groups in total. The SMILES string of the molecule is CCOC(=O)C1(N(Cc2ccccc2)C(=O)c2ccccc2)CCN(Cc2ccccc2)C1. The Morgan fingerprint density at radius 1 is 0.879 bits per heavy atom. The maximum absolute atomic E-state index is 13.8. The van der Waals surface area contributed by atoms with E-state index in [4.69, 9.17) is 4.74 Å². The van der Waals surface area contributed by atoms with Crippen LogP contribution >= 0.6 is 0 Å². The molecule has 1 amide bonds. The number of carbonyl (C=O) groups excluding carboxylic acids is 2. The largest absolute Gasteiger partial charge is 0.464 e. The summed E-state index contributed by atoms with van der Waals surface area (Å²) >= 11 is 0. The molecule has 1 heterocycles. The number of esters is 1. The van der Waals surface area contributed by atoms with Crippen LogP contribution in [0.2, 0.25) is 0 Å². The van der Waals surface area contributed by atoms with Gasteiger partial charge in [0.15, 0.2) is 5.54 Å². The minimum atomic E-state index is -1.05. The minimum absolute atomic E-state index is 0.158. The predicted octanol–water partition coefficient (Wildman–Crippen LogP) is 4.54. The zero-order chi connectivity index (χ0) is 23.1. The van der Waals surface area contributed by atoms with Gasteiger partial charge in [0.2, 0.25) is 0 Å². The van der Waals surface area contributed by atoms with Crippen molar-refractivity contribution in [2.75, 3.05) is 19.7 Å². The Bertz CT molecular complexity index is 1060. The van der Waals surface area contributed by atoms with Crippen molar-refractivity contribution in [3.05, 3.63) is 108 Å². The van der Waals surface area contributed by atoms with E-state index in [-0.39, 0.29) is 18.5 Å². The summed E-state index contributed by atoms with van der Waals surface area (Å²) in [6.45, 7) is 4.29. The van der Waals surface area contributed by atoms with Crippen LogP contribution in [0.5, 0.6) is 0 Å². The van der Waals surface area contributed by atoms with Crippen molar-refractivity contribution in [2.24, 2.45) is 0 Å². The van der Waals surface area contributed by atoms with Gasteiger partial charge in [-0.15, -0.1) is 0 Å². The smallest absolute Gasteiger partial charge is 0.333 e. The topological polar surface area (TPSA) is 49.9 Å². The summed E-state index contributed by atoms with van der Waals surface area (Å²) in [7, 11) is 0. The molecule has 4 rings (SSSR count). The highest BCUT2D eigenvalue weighted by Gasteiger charge is 2.52. The molecule has 0 saturated carbocycles. The third-order valence-corrected chi connectivity index (χ3v) is 6.20. The maximum atomic E-state index is 13.8. The van der Waals surface area contributed by atoms with Crippen molar-refractivity contribution >= 4 is 11.9 Å². The van der Waals surface area contributed by atoms with E-state index in [0.29, 0.717) is 31.6 Å². The zero-order valence-electron chi connectivity index (χ0n) is 19.0.